The average Bonchev–Trinajstić information content (AvgIpc) is 2.40. The molecule has 0 radical (unpaired) electrons. The SMILES string of the molecule is O=C(O)c1ccc(NS(=O)(=O)N2CCOCC2)cn1. The number of carbonyl (C=O) groups is 1. The summed E-state index contributed by atoms with van der Waals surface area (Å²) in [6, 6.07) is 2.59. The predicted molar refractivity (Wildman–Crippen MR) is 66.1 cm³/mol. The number of morpholine rings is 1. The number of hydrogen-bond acceptors (Lipinski definition) is 5. The van der Waals surface area contributed by atoms with Crippen molar-refractivity contribution < 1.29 is 23.1 Å². The first-order valence-electron chi connectivity index (χ1n) is 5.54. The second-order valence-corrected chi connectivity index (χ2v) is 5.53. The van der Waals surface area contributed by atoms with Crippen LogP contribution in [0.5, 0.6) is 0 Å². The average molecular weight is 287 g/mol. The van der Waals surface area contributed by atoms with Crippen molar-refractivity contribution >= 4 is 21.9 Å². The molecule has 2 N–H and O–H groups in total. The van der Waals surface area contributed by atoms with Gasteiger partial charge in [0.05, 0.1) is 25.1 Å². The van der Waals surface area contributed by atoms with Crippen LogP contribution < -0.4 is 4.72 Å². The number of aromatic nitrogens is 1. The molecule has 0 saturated carbocycles. The van der Waals surface area contributed by atoms with Gasteiger partial charge < -0.3 is 9.84 Å². The van der Waals surface area contributed by atoms with Gasteiger partial charge in [0.25, 0.3) is 0 Å². The molecule has 0 aromatic carbocycles. The first kappa shape index (κ1) is 13.7. The lowest BCUT2D eigenvalue weighted by molar-refractivity contribution is 0.0690. The minimum absolute atomic E-state index is 0.144. The largest absolute Gasteiger partial charge is 0.477 e. The van der Waals surface area contributed by atoms with Gasteiger partial charge >= 0.3 is 16.2 Å². The van der Waals surface area contributed by atoms with Gasteiger partial charge in [0.2, 0.25) is 0 Å². The number of carboxylic acids is 1. The molecule has 9 heteroatoms. The third-order valence-corrected chi connectivity index (χ3v) is 4.08. The van der Waals surface area contributed by atoms with E-state index in [9.17, 15) is 13.2 Å². The summed E-state index contributed by atoms with van der Waals surface area (Å²) in [6.07, 6.45) is 1.17. The Balaban J connectivity index is 2.09. The highest BCUT2D eigenvalue weighted by Gasteiger charge is 2.24. The Morgan fingerprint density at radius 3 is 2.58 bits per heavy atom. The smallest absolute Gasteiger partial charge is 0.354 e. The highest BCUT2D eigenvalue weighted by atomic mass is 32.2. The maximum atomic E-state index is 12.0. The zero-order valence-corrected chi connectivity index (χ0v) is 10.8. The minimum atomic E-state index is -3.65. The van der Waals surface area contributed by atoms with Crippen LogP contribution in [0.3, 0.4) is 0 Å². The van der Waals surface area contributed by atoms with Gasteiger partial charge in [-0.1, -0.05) is 0 Å². The van der Waals surface area contributed by atoms with Crippen LogP contribution in [0.1, 0.15) is 10.5 Å². The quantitative estimate of drug-likeness (QED) is 0.791. The Morgan fingerprint density at radius 1 is 1.37 bits per heavy atom. The predicted octanol–water partition coefficient (Wildman–Crippen LogP) is -0.231. The highest BCUT2D eigenvalue weighted by Crippen LogP contribution is 2.12. The van der Waals surface area contributed by atoms with Crippen LogP contribution in [0, 0.1) is 0 Å². The maximum absolute atomic E-state index is 12.0. The zero-order chi connectivity index (χ0) is 13.9. The van der Waals surface area contributed by atoms with Gasteiger partial charge in [-0.15, -0.1) is 0 Å². The molecule has 104 valence electrons. The second kappa shape index (κ2) is 5.51. The van der Waals surface area contributed by atoms with Crippen molar-refractivity contribution in [2.75, 3.05) is 31.0 Å². The van der Waals surface area contributed by atoms with E-state index in [1.54, 1.807) is 0 Å². The van der Waals surface area contributed by atoms with E-state index >= 15 is 0 Å². The molecule has 0 spiro atoms. The fourth-order valence-corrected chi connectivity index (χ4v) is 2.76. The fraction of sp³-hybridized carbons (Fsp3) is 0.400. The molecule has 0 amide bonds. The summed E-state index contributed by atoms with van der Waals surface area (Å²) < 4.78 is 32.7. The third-order valence-electron chi connectivity index (χ3n) is 2.54. The van der Waals surface area contributed by atoms with Gasteiger partial charge in [-0.05, 0) is 12.1 Å². The molecule has 1 aromatic heterocycles. The van der Waals surface area contributed by atoms with E-state index in [4.69, 9.17) is 9.84 Å². The molecule has 0 unspecified atom stereocenters. The van der Waals surface area contributed by atoms with Crippen molar-refractivity contribution in [1.29, 1.82) is 0 Å². The summed E-state index contributed by atoms with van der Waals surface area (Å²) >= 11 is 0. The van der Waals surface area contributed by atoms with E-state index in [2.05, 4.69) is 9.71 Å². The fourth-order valence-electron chi connectivity index (χ4n) is 1.58. The standard InChI is InChI=1S/C10H13N3O5S/c14-10(15)9-2-1-8(7-11-9)12-19(16,17)13-3-5-18-6-4-13/h1-2,7,12H,3-6H2,(H,14,15). The van der Waals surface area contributed by atoms with Crippen molar-refractivity contribution in [1.82, 2.24) is 9.29 Å². The molecule has 1 aliphatic rings. The molecule has 0 aliphatic carbocycles. The van der Waals surface area contributed by atoms with Crippen LogP contribution in [0.25, 0.3) is 0 Å². The van der Waals surface area contributed by atoms with Crippen LogP contribution in [0.4, 0.5) is 5.69 Å². The van der Waals surface area contributed by atoms with Gasteiger partial charge in [-0.25, -0.2) is 9.78 Å². The molecule has 0 bridgehead atoms. The number of ether oxygens (including phenoxy) is 1. The molecule has 0 atom stereocenters. The molecule has 1 saturated heterocycles. The molecule has 8 nitrogen and oxygen atoms in total. The highest BCUT2D eigenvalue weighted by molar-refractivity contribution is 7.90. The summed E-state index contributed by atoms with van der Waals surface area (Å²) in [5.74, 6) is -1.16. The number of rotatable bonds is 4. The Bertz CT molecular complexity index is 551. The van der Waals surface area contributed by atoms with Gasteiger partial charge in [-0.3, -0.25) is 4.72 Å². The minimum Gasteiger partial charge on any atom is -0.477 e. The molecule has 2 rings (SSSR count). The van der Waals surface area contributed by atoms with Crippen molar-refractivity contribution in [3.63, 3.8) is 0 Å². The lowest BCUT2D eigenvalue weighted by atomic mass is 10.3. The molecule has 19 heavy (non-hydrogen) atoms. The number of carboxylic acid groups (broad SMARTS) is 1. The van der Waals surface area contributed by atoms with Crippen LogP contribution >= 0.6 is 0 Å². The van der Waals surface area contributed by atoms with Gasteiger partial charge in [-0.2, -0.15) is 12.7 Å². The van der Waals surface area contributed by atoms with Crippen molar-refractivity contribution in [2.24, 2.45) is 0 Å². The summed E-state index contributed by atoms with van der Waals surface area (Å²) in [4.78, 5) is 14.3. The van der Waals surface area contributed by atoms with Gasteiger partial charge in [0, 0.05) is 13.1 Å². The van der Waals surface area contributed by atoms with E-state index < -0.39 is 16.2 Å². The summed E-state index contributed by atoms with van der Waals surface area (Å²) in [6.45, 7) is 1.29. The summed E-state index contributed by atoms with van der Waals surface area (Å²) in [7, 11) is -3.65. The lowest BCUT2D eigenvalue weighted by Crippen LogP contribution is -2.43. The maximum Gasteiger partial charge on any atom is 0.354 e. The Kier molecular flexibility index (Phi) is 3.98. The van der Waals surface area contributed by atoms with Crippen LogP contribution in [0.2, 0.25) is 0 Å². The number of nitrogens with one attached hydrogen (secondary N) is 1. The number of pyridine rings is 1. The number of aromatic carboxylic acids is 1. The van der Waals surface area contributed by atoms with Crippen LogP contribution in [-0.2, 0) is 14.9 Å². The van der Waals surface area contributed by atoms with E-state index in [0.717, 1.165) is 0 Å². The normalized spacial score (nSPS) is 17.1. The summed E-state index contributed by atoms with van der Waals surface area (Å²) in [5.41, 5.74) is 0.0748. The van der Waals surface area contributed by atoms with Crippen LogP contribution in [0.15, 0.2) is 18.3 Å². The topological polar surface area (TPSA) is 109 Å². The second-order valence-electron chi connectivity index (χ2n) is 3.86. The van der Waals surface area contributed by atoms with E-state index in [0.29, 0.717) is 13.2 Å². The van der Waals surface area contributed by atoms with Gasteiger partial charge in [0.1, 0.15) is 5.69 Å². The van der Waals surface area contributed by atoms with Gasteiger partial charge in [0.15, 0.2) is 0 Å². The van der Waals surface area contributed by atoms with Crippen molar-refractivity contribution in [3.05, 3.63) is 24.0 Å². The Morgan fingerprint density at radius 2 is 2.05 bits per heavy atom. The summed E-state index contributed by atoms with van der Waals surface area (Å²) in [5, 5.41) is 8.69. The Hall–Kier alpha value is -1.71. The van der Waals surface area contributed by atoms with Crippen molar-refractivity contribution in [2.45, 2.75) is 0 Å². The molecule has 1 fully saturated rings. The molecule has 1 aliphatic heterocycles. The molecular weight excluding hydrogens is 274 g/mol. The first-order valence-corrected chi connectivity index (χ1v) is 6.98. The monoisotopic (exact) mass is 287 g/mol. The Labute approximate surface area is 110 Å². The number of nitrogens with zero attached hydrogens (tertiary/aromatic N) is 2. The third kappa shape index (κ3) is 3.40. The first-order chi connectivity index (χ1) is 8.99. The number of hydrogen-bond donors (Lipinski definition) is 2. The molecule has 2 heterocycles. The molecular formula is C10H13N3O5S. The molecule has 1 aromatic rings. The van der Waals surface area contributed by atoms with E-state index in [1.807, 2.05) is 0 Å². The lowest BCUT2D eigenvalue weighted by Gasteiger charge is -2.26. The van der Waals surface area contributed by atoms with Crippen LogP contribution in [-0.4, -0.2) is 55.1 Å². The van der Waals surface area contributed by atoms with Crippen molar-refractivity contribution in [3.8, 4) is 0 Å². The van der Waals surface area contributed by atoms with E-state index in [1.165, 1.54) is 22.6 Å². The van der Waals surface area contributed by atoms with E-state index in [-0.39, 0.29) is 24.5 Å². The number of anilines is 1. The zero-order valence-electron chi connectivity index (χ0n) is 9.94.